The van der Waals surface area contributed by atoms with Gasteiger partial charge < -0.3 is 14.8 Å². The Morgan fingerprint density at radius 2 is 1.83 bits per heavy atom. The second kappa shape index (κ2) is 7.18. The van der Waals surface area contributed by atoms with Gasteiger partial charge >= 0.3 is 6.18 Å². The Balaban J connectivity index is 1.42. The van der Waals surface area contributed by atoms with Gasteiger partial charge in [0.15, 0.2) is 5.60 Å². The zero-order valence-corrected chi connectivity index (χ0v) is 15.4. The molecule has 29 heavy (non-hydrogen) atoms. The molecule has 8 heteroatoms. The van der Waals surface area contributed by atoms with Gasteiger partial charge in [-0.05, 0) is 49.9 Å². The number of pyridine rings is 1. The van der Waals surface area contributed by atoms with E-state index in [9.17, 15) is 23.1 Å². The van der Waals surface area contributed by atoms with Gasteiger partial charge in [-0.2, -0.15) is 13.2 Å². The number of carbonyl (C=O) groups excluding carboxylic acids is 1. The summed E-state index contributed by atoms with van der Waals surface area (Å²) in [4.78, 5) is 16.8. The van der Waals surface area contributed by atoms with Gasteiger partial charge in [0.25, 0.3) is 5.91 Å². The lowest BCUT2D eigenvalue weighted by molar-refractivity contribution is -0.270. The van der Waals surface area contributed by atoms with E-state index >= 15 is 0 Å². The lowest BCUT2D eigenvalue weighted by Crippen LogP contribution is -2.51. The van der Waals surface area contributed by atoms with Crippen molar-refractivity contribution in [3.63, 3.8) is 0 Å². The second-order valence-electron chi connectivity index (χ2n) is 7.35. The van der Waals surface area contributed by atoms with Crippen molar-refractivity contribution >= 4 is 16.9 Å². The smallest absolute Gasteiger partial charge is 0.417 e. The quantitative estimate of drug-likeness (QED) is 0.676. The highest BCUT2D eigenvalue weighted by atomic mass is 19.4. The predicted octanol–water partition coefficient (Wildman–Crippen LogP) is 4.46. The van der Waals surface area contributed by atoms with Crippen molar-refractivity contribution < 1.29 is 27.5 Å². The molecule has 0 atom stereocenters. The standard InChI is InChI=1S/C21H19F3N2O3/c22-21(23,24)20(28)9-5-15(6-10-20)26-19(27)14-3-1-13(2-4-14)18-16-8-12-29-17(16)7-11-25-18/h1-4,7-8,11-12,15,28H,5-6,9-10H2,(H,26,27)/t15-,20-. The van der Waals surface area contributed by atoms with Crippen LogP contribution in [0.5, 0.6) is 0 Å². The largest absolute Gasteiger partial charge is 0.464 e. The third-order valence-electron chi connectivity index (χ3n) is 5.48. The van der Waals surface area contributed by atoms with Crippen molar-refractivity contribution in [2.45, 2.75) is 43.5 Å². The monoisotopic (exact) mass is 404 g/mol. The molecule has 0 unspecified atom stereocenters. The van der Waals surface area contributed by atoms with Crippen LogP contribution in [-0.2, 0) is 0 Å². The SMILES string of the molecule is O=C(N[C@H]1CC[C@@](O)(C(F)(F)F)CC1)c1ccc(-c2nccc3occc23)cc1. The van der Waals surface area contributed by atoms with Gasteiger partial charge in [-0.25, -0.2) is 0 Å². The number of furan rings is 1. The maximum Gasteiger partial charge on any atom is 0.417 e. The van der Waals surface area contributed by atoms with Gasteiger partial charge in [0.1, 0.15) is 5.58 Å². The van der Waals surface area contributed by atoms with Crippen LogP contribution >= 0.6 is 0 Å². The maximum absolute atomic E-state index is 12.9. The fourth-order valence-corrected chi connectivity index (χ4v) is 3.70. The summed E-state index contributed by atoms with van der Waals surface area (Å²) in [6.07, 6.45) is -2.10. The fraction of sp³-hybridized carbons (Fsp3) is 0.333. The summed E-state index contributed by atoms with van der Waals surface area (Å²) in [5, 5.41) is 13.4. The third kappa shape index (κ3) is 3.72. The molecule has 0 spiro atoms. The van der Waals surface area contributed by atoms with Gasteiger partial charge in [0, 0.05) is 28.8 Å². The molecule has 5 nitrogen and oxygen atoms in total. The van der Waals surface area contributed by atoms with Gasteiger partial charge in [-0.15, -0.1) is 0 Å². The molecule has 1 aromatic carbocycles. The highest BCUT2D eigenvalue weighted by Gasteiger charge is 2.54. The van der Waals surface area contributed by atoms with Crippen molar-refractivity contribution in [1.82, 2.24) is 10.3 Å². The number of amides is 1. The molecule has 2 N–H and O–H groups in total. The number of alkyl halides is 3. The van der Waals surface area contributed by atoms with E-state index in [-0.39, 0.29) is 18.7 Å². The summed E-state index contributed by atoms with van der Waals surface area (Å²) >= 11 is 0. The summed E-state index contributed by atoms with van der Waals surface area (Å²) in [6, 6.07) is 10.0. The Kier molecular flexibility index (Phi) is 4.82. The molecule has 3 aromatic rings. The van der Waals surface area contributed by atoms with Crippen LogP contribution in [0.25, 0.3) is 22.2 Å². The zero-order valence-electron chi connectivity index (χ0n) is 15.4. The number of fused-ring (bicyclic) bond motifs is 1. The molecule has 1 aliphatic rings. The number of rotatable bonds is 3. The highest BCUT2D eigenvalue weighted by molar-refractivity contribution is 5.96. The molecular weight excluding hydrogens is 385 g/mol. The molecule has 0 aliphatic heterocycles. The summed E-state index contributed by atoms with van der Waals surface area (Å²) in [6.45, 7) is 0. The van der Waals surface area contributed by atoms with Gasteiger partial charge in [0.2, 0.25) is 0 Å². The third-order valence-corrected chi connectivity index (χ3v) is 5.48. The second-order valence-corrected chi connectivity index (χ2v) is 7.35. The number of carbonyl (C=O) groups is 1. The average molecular weight is 404 g/mol. The van der Waals surface area contributed by atoms with E-state index < -0.39 is 30.7 Å². The van der Waals surface area contributed by atoms with E-state index in [1.165, 1.54) is 0 Å². The zero-order chi connectivity index (χ0) is 20.6. The van der Waals surface area contributed by atoms with Crippen LogP contribution in [0.4, 0.5) is 13.2 Å². The van der Waals surface area contributed by atoms with E-state index in [2.05, 4.69) is 10.3 Å². The van der Waals surface area contributed by atoms with E-state index in [1.54, 1.807) is 42.8 Å². The summed E-state index contributed by atoms with van der Waals surface area (Å²) < 4.78 is 44.0. The van der Waals surface area contributed by atoms with Crippen LogP contribution < -0.4 is 5.32 Å². The number of hydrogen-bond acceptors (Lipinski definition) is 4. The minimum atomic E-state index is -4.65. The Morgan fingerprint density at radius 1 is 1.14 bits per heavy atom. The number of aliphatic hydroxyl groups is 1. The molecular formula is C21H19F3N2O3. The van der Waals surface area contributed by atoms with Crippen molar-refractivity contribution in [3.05, 3.63) is 54.4 Å². The molecule has 2 aromatic heterocycles. The Bertz CT molecular complexity index is 1020. The Labute approximate surface area is 164 Å². The van der Waals surface area contributed by atoms with E-state index in [0.29, 0.717) is 11.1 Å². The molecule has 1 saturated carbocycles. The average Bonchev–Trinajstić information content (AvgIpc) is 3.18. The molecule has 152 valence electrons. The van der Waals surface area contributed by atoms with Crippen molar-refractivity contribution in [2.24, 2.45) is 0 Å². The number of nitrogens with zero attached hydrogens (tertiary/aromatic N) is 1. The molecule has 2 heterocycles. The Hall–Kier alpha value is -2.87. The fourth-order valence-electron chi connectivity index (χ4n) is 3.70. The van der Waals surface area contributed by atoms with Crippen LogP contribution in [-0.4, -0.2) is 33.8 Å². The van der Waals surface area contributed by atoms with Crippen LogP contribution in [0.15, 0.2) is 53.3 Å². The molecule has 1 aliphatic carbocycles. The maximum atomic E-state index is 12.9. The van der Waals surface area contributed by atoms with Crippen molar-refractivity contribution in [3.8, 4) is 11.3 Å². The first kappa shape index (κ1) is 19.4. The highest BCUT2D eigenvalue weighted by Crippen LogP contribution is 2.41. The molecule has 0 radical (unpaired) electrons. The molecule has 1 fully saturated rings. The predicted molar refractivity (Wildman–Crippen MR) is 100 cm³/mol. The van der Waals surface area contributed by atoms with Gasteiger partial charge in [0.05, 0.1) is 12.0 Å². The molecule has 0 saturated heterocycles. The number of nitrogens with one attached hydrogen (secondary N) is 1. The van der Waals surface area contributed by atoms with E-state index in [4.69, 9.17) is 4.42 Å². The molecule has 1 amide bonds. The number of hydrogen-bond donors (Lipinski definition) is 2. The Morgan fingerprint density at radius 3 is 2.48 bits per heavy atom. The van der Waals surface area contributed by atoms with Crippen LogP contribution in [0.1, 0.15) is 36.0 Å². The first-order valence-electron chi connectivity index (χ1n) is 9.29. The first-order valence-corrected chi connectivity index (χ1v) is 9.29. The lowest BCUT2D eigenvalue weighted by Gasteiger charge is -2.37. The van der Waals surface area contributed by atoms with E-state index in [1.807, 2.05) is 6.07 Å². The normalized spacial score (nSPS) is 22.6. The number of halogens is 3. The van der Waals surface area contributed by atoms with Crippen LogP contribution in [0.3, 0.4) is 0 Å². The van der Waals surface area contributed by atoms with Crippen LogP contribution in [0, 0.1) is 0 Å². The minimum Gasteiger partial charge on any atom is -0.464 e. The first-order chi connectivity index (χ1) is 13.8. The number of benzene rings is 1. The molecule has 4 rings (SSSR count). The summed E-state index contributed by atoms with van der Waals surface area (Å²) in [7, 11) is 0. The topological polar surface area (TPSA) is 75.4 Å². The van der Waals surface area contributed by atoms with Gasteiger partial charge in [-0.1, -0.05) is 12.1 Å². The minimum absolute atomic E-state index is 0.0756. The van der Waals surface area contributed by atoms with Crippen LogP contribution in [0.2, 0.25) is 0 Å². The van der Waals surface area contributed by atoms with Gasteiger partial charge in [-0.3, -0.25) is 9.78 Å². The lowest BCUT2D eigenvalue weighted by atomic mass is 9.81. The van der Waals surface area contributed by atoms with Crippen molar-refractivity contribution in [1.29, 1.82) is 0 Å². The van der Waals surface area contributed by atoms with E-state index in [0.717, 1.165) is 16.6 Å². The number of aromatic nitrogens is 1. The van der Waals surface area contributed by atoms with Crippen molar-refractivity contribution in [2.75, 3.05) is 0 Å². The summed E-state index contributed by atoms with van der Waals surface area (Å²) in [5.41, 5.74) is 0.0258. The summed E-state index contributed by atoms with van der Waals surface area (Å²) in [5.74, 6) is -0.353. The molecule has 0 bridgehead atoms.